The van der Waals surface area contributed by atoms with Gasteiger partial charge in [0, 0.05) is 0 Å². The van der Waals surface area contributed by atoms with Crippen LogP contribution in [0.4, 0.5) is 0 Å². The molecule has 2 fully saturated rings. The quantitative estimate of drug-likeness (QED) is 0.431. The minimum atomic E-state index is 0.245. The SMILES string of the molecule is C=C(C)[C@@]1(C)CC[C@]2(C)O[C@@H]2C1. The average Bonchev–Trinajstić information content (AvgIpc) is 2.60. The molecule has 1 nitrogen and oxygen atoms in total. The molecule has 68 valence electrons. The molecule has 1 aliphatic heterocycles. The Labute approximate surface area is 74.8 Å². The zero-order valence-corrected chi connectivity index (χ0v) is 8.31. The van der Waals surface area contributed by atoms with Gasteiger partial charge < -0.3 is 4.74 Å². The van der Waals surface area contributed by atoms with Crippen LogP contribution in [0.3, 0.4) is 0 Å². The van der Waals surface area contributed by atoms with Gasteiger partial charge in [0.2, 0.25) is 0 Å². The lowest BCUT2D eigenvalue weighted by atomic mass is 9.69. The predicted molar refractivity (Wildman–Crippen MR) is 50.1 cm³/mol. The number of fused-ring (bicyclic) bond motifs is 1. The molecular formula is C11H18O. The van der Waals surface area contributed by atoms with Crippen LogP contribution in [0.5, 0.6) is 0 Å². The van der Waals surface area contributed by atoms with Gasteiger partial charge in [-0.2, -0.15) is 0 Å². The highest BCUT2D eigenvalue weighted by atomic mass is 16.6. The van der Waals surface area contributed by atoms with Gasteiger partial charge in [0.1, 0.15) is 0 Å². The third-order valence-corrected chi connectivity index (χ3v) is 3.87. The first-order valence-corrected chi connectivity index (χ1v) is 4.80. The van der Waals surface area contributed by atoms with Gasteiger partial charge in [0.15, 0.2) is 0 Å². The minimum absolute atomic E-state index is 0.245. The van der Waals surface area contributed by atoms with Gasteiger partial charge >= 0.3 is 0 Å². The Bertz CT molecular complexity index is 233. The van der Waals surface area contributed by atoms with Crippen LogP contribution in [0.2, 0.25) is 0 Å². The van der Waals surface area contributed by atoms with Crippen molar-refractivity contribution in [3.8, 4) is 0 Å². The van der Waals surface area contributed by atoms with Crippen LogP contribution < -0.4 is 0 Å². The van der Waals surface area contributed by atoms with E-state index in [1.807, 2.05) is 0 Å². The van der Waals surface area contributed by atoms with Crippen molar-refractivity contribution in [1.82, 2.24) is 0 Å². The van der Waals surface area contributed by atoms with Crippen molar-refractivity contribution in [2.24, 2.45) is 5.41 Å². The number of allylic oxidation sites excluding steroid dienone is 1. The highest BCUT2D eigenvalue weighted by molar-refractivity contribution is 5.15. The largest absolute Gasteiger partial charge is 0.366 e. The van der Waals surface area contributed by atoms with E-state index in [-0.39, 0.29) is 5.60 Å². The first-order valence-electron chi connectivity index (χ1n) is 4.80. The van der Waals surface area contributed by atoms with Crippen LogP contribution in [0, 0.1) is 5.41 Å². The third-order valence-electron chi connectivity index (χ3n) is 3.87. The summed E-state index contributed by atoms with van der Waals surface area (Å²) in [4.78, 5) is 0. The lowest BCUT2D eigenvalue weighted by Gasteiger charge is -2.34. The molecule has 1 aliphatic carbocycles. The van der Waals surface area contributed by atoms with Gasteiger partial charge in [-0.3, -0.25) is 0 Å². The molecular weight excluding hydrogens is 148 g/mol. The number of epoxide rings is 1. The Morgan fingerprint density at radius 2 is 2.08 bits per heavy atom. The Kier molecular flexibility index (Phi) is 1.48. The molecule has 12 heavy (non-hydrogen) atoms. The topological polar surface area (TPSA) is 12.5 Å². The molecule has 0 N–H and O–H groups in total. The van der Waals surface area contributed by atoms with Crippen LogP contribution in [-0.2, 0) is 4.74 Å². The number of hydrogen-bond acceptors (Lipinski definition) is 1. The lowest BCUT2D eigenvalue weighted by Crippen LogP contribution is -2.29. The summed E-state index contributed by atoms with van der Waals surface area (Å²) in [5, 5.41) is 0. The van der Waals surface area contributed by atoms with E-state index in [1.54, 1.807) is 0 Å². The van der Waals surface area contributed by atoms with E-state index >= 15 is 0 Å². The van der Waals surface area contributed by atoms with Crippen molar-refractivity contribution in [2.45, 2.75) is 51.7 Å². The monoisotopic (exact) mass is 166 g/mol. The molecule has 0 amide bonds. The summed E-state index contributed by atoms with van der Waals surface area (Å²) in [6.45, 7) is 10.8. The molecule has 2 rings (SSSR count). The maximum atomic E-state index is 5.67. The van der Waals surface area contributed by atoms with Crippen molar-refractivity contribution in [3.63, 3.8) is 0 Å². The van der Waals surface area contributed by atoms with Crippen molar-refractivity contribution >= 4 is 0 Å². The van der Waals surface area contributed by atoms with Crippen LogP contribution in [0.25, 0.3) is 0 Å². The number of hydrogen-bond donors (Lipinski definition) is 0. The van der Waals surface area contributed by atoms with Gasteiger partial charge in [0.05, 0.1) is 11.7 Å². The fourth-order valence-corrected chi connectivity index (χ4v) is 2.19. The van der Waals surface area contributed by atoms with Crippen LogP contribution >= 0.6 is 0 Å². The molecule has 1 heteroatoms. The first-order chi connectivity index (χ1) is 5.46. The van der Waals surface area contributed by atoms with Gasteiger partial charge in [-0.1, -0.05) is 19.1 Å². The zero-order chi connectivity index (χ0) is 8.98. The summed E-state index contributed by atoms with van der Waals surface area (Å²) in [7, 11) is 0. The van der Waals surface area contributed by atoms with Crippen molar-refractivity contribution in [2.75, 3.05) is 0 Å². The summed E-state index contributed by atoms with van der Waals surface area (Å²) < 4.78 is 5.67. The predicted octanol–water partition coefficient (Wildman–Crippen LogP) is 2.91. The number of rotatable bonds is 1. The molecule has 0 unspecified atom stereocenters. The van der Waals surface area contributed by atoms with Crippen molar-refractivity contribution < 1.29 is 4.74 Å². The van der Waals surface area contributed by atoms with Crippen LogP contribution in [0.1, 0.15) is 40.0 Å². The molecule has 3 atom stereocenters. The van der Waals surface area contributed by atoms with Gasteiger partial charge in [-0.05, 0) is 38.5 Å². The average molecular weight is 166 g/mol. The second-order valence-corrected chi connectivity index (χ2v) is 4.96. The molecule has 1 heterocycles. The molecule has 0 radical (unpaired) electrons. The van der Waals surface area contributed by atoms with E-state index < -0.39 is 0 Å². The van der Waals surface area contributed by atoms with E-state index in [4.69, 9.17) is 4.74 Å². The molecule has 0 spiro atoms. The van der Waals surface area contributed by atoms with E-state index in [0.29, 0.717) is 11.5 Å². The second kappa shape index (κ2) is 2.14. The van der Waals surface area contributed by atoms with Crippen LogP contribution in [-0.4, -0.2) is 11.7 Å². The summed E-state index contributed by atoms with van der Waals surface area (Å²) >= 11 is 0. The van der Waals surface area contributed by atoms with Gasteiger partial charge in [0.25, 0.3) is 0 Å². The molecule has 1 saturated carbocycles. The zero-order valence-electron chi connectivity index (χ0n) is 8.31. The van der Waals surface area contributed by atoms with E-state index in [0.717, 1.165) is 0 Å². The highest BCUT2D eigenvalue weighted by Gasteiger charge is 2.58. The Balaban J connectivity index is 2.10. The summed E-state index contributed by atoms with van der Waals surface area (Å²) in [5.41, 5.74) is 1.91. The summed E-state index contributed by atoms with van der Waals surface area (Å²) in [6, 6.07) is 0. The Morgan fingerprint density at radius 3 is 2.58 bits per heavy atom. The fraction of sp³-hybridized carbons (Fsp3) is 0.818. The fourth-order valence-electron chi connectivity index (χ4n) is 2.19. The normalized spacial score (nSPS) is 51.4. The first kappa shape index (κ1) is 8.31. The Morgan fingerprint density at radius 1 is 1.42 bits per heavy atom. The minimum Gasteiger partial charge on any atom is -0.366 e. The smallest absolute Gasteiger partial charge is 0.0921 e. The maximum Gasteiger partial charge on any atom is 0.0921 e. The summed E-state index contributed by atoms with van der Waals surface area (Å²) in [6.07, 6.45) is 4.16. The van der Waals surface area contributed by atoms with Crippen LogP contribution in [0.15, 0.2) is 12.2 Å². The van der Waals surface area contributed by atoms with E-state index in [1.165, 1.54) is 24.8 Å². The molecule has 0 bridgehead atoms. The highest BCUT2D eigenvalue weighted by Crippen LogP contribution is 2.55. The molecule has 0 aromatic heterocycles. The van der Waals surface area contributed by atoms with Gasteiger partial charge in [-0.25, -0.2) is 0 Å². The maximum absolute atomic E-state index is 5.67. The molecule has 0 aromatic carbocycles. The Hall–Kier alpha value is -0.300. The third kappa shape index (κ3) is 1.03. The van der Waals surface area contributed by atoms with Gasteiger partial charge in [-0.15, -0.1) is 0 Å². The standard InChI is InChI=1S/C11H18O/c1-8(2)10(3)5-6-11(4)9(7-10)12-11/h9H,1,5-7H2,2-4H3/t9-,10+,11+/m1/s1. The molecule has 2 aliphatic rings. The van der Waals surface area contributed by atoms with E-state index in [9.17, 15) is 0 Å². The summed E-state index contributed by atoms with van der Waals surface area (Å²) in [5.74, 6) is 0. The lowest BCUT2D eigenvalue weighted by molar-refractivity contribution is 0.266. The van der Waals surface area contributed by atoms with E-state index in [2.05, 4.69) is 27.4 Å². The number of ether oxygens (including phenoxy) is 1. The second-order valence-electron chi connectivity index (χ2n) is 4.96. The molecule has 1 saturated heterocycles. The molecule has 0 aromatic rings. The van der Waals surface area contributed by atoms with Crippen molar-refractivity contribution in [1.29, 1.82) is 0 Å². The van der Waals surface area contributed by atoms with Crippen molar-refractivity contribution in [3.05, 3.63) is 12.2 Å².